The number of carbonyl (C=O) groups excluding carboxylic acids is 1. The topological polar surface area (TPSA) is 75.3 Å². The van der Waals surface area contributed by atoms with Gasteiger partial charge in [-0.1, -0.05) is 6.92 Å². The van der Waals surface area contributed by atoms with Crippen molar-refractivity contribution in [3.05, 3.63) is 30.1 Å². The third-order valence-electron chi connectivity index (χ3n) is 2.76. The molecule has 0 saturated carbocycles. The second-order valence-electron chi connectivity index (χ2n) is 4.53. The lowest BCUT2D eigenvalue weighted by Crippen LogP contribution is -2.36. The van der Waals surface area contributed by atoms with E-state index < -0.39 is 21.6 Å². The zero-order chi connectivity index (χ0) is 15.2. The zero-order valence-corrected chi connectivity index (χ0v) is 12.3. The molecule has 2 N–H and O–H groups in total. The predicted molar refractivity (Wildman–Crippen MR) is 74.6 cm³/mol. The molecule has 0 aliphatic heterocycles. The fourth-order valence-electron chi connectivity index (χ4n) is 1.63. The third kappa shape index (κ3) is 4.90. The van der Waals surface area contributed by atoms with Gasteiger partial charge in [0.25, 0.3) is 0 Å². The Morgan fingerprint density at radius 1 is 1.25 bits per heavy atom. The Morgan fingerprint density at radius 2 is 1.85 bits per heavy atom. The molecule has 1 unspecified atom stereocenters. The van der Waals surface area contributed by atoms with E-state index in [1.54, 1.807) is 14.0 Å². The molecule has 0 fully saturated rings. The highest BCUT2D eigenvalue weighted by Crippen LogP contribution is 2.15. The number of rotatable bonds is 7. The maximum Gasteiger partial charge on any atom is 0.223 e. The van der Waals surface area contributed by atoms with Crippen molar-refractivity contribution in [3.63, 3.8) is 0 Å². The normalized spacial score (nSPS) is 12.9. The van der Waals surface area contributed by atoms with Gasteiger partial charge < -0.3 is 10.6 Å². The number of amides is 1. The van der Waals surface area contributed by atoms with Crippen LogP contribution in [0, 0.1) is 11.7 Å². The third-order valence-corrected chi connectivity index (χ3v) is 4.69. The van der Waals surface area contributed by atoms with Gasteiger partial charge in [-0.2, -0.15) is 0 Å². The number of halogens is 1. The summed E-state index contributed by atoms with van der Waals surface area (Å²) in [6, 6.07) is 4.58. The average molecular weight is 302 g/mol. The van der Waals surface area contributed by atoms with Gasteiger partial charge in [0.2, 0.25) is 5.91 Å². The summed E-state index contributed by atoms with van der Waals surface area (Å²) < 4.78 is 36.9. The van der Waals surface area contributed by atoms with Gasteiger partial charge >= 0.3 is 0 Å². The van der Waals surface area contributed by atoms with Crippen molar-refractivity contribution in [2.75, 3.05) is 25.9 Å². The molecular formula is C13H19FN2O3S. The van der Waals surface area contributed by atoms with E-state index in [1.807, 2.05) is 0 Å². The zero-order valence-electron chi connectivity index (χ0n) is 11.5. The summed E-state index contributed by atoms with van der Waals surface area (Å²) in [6.07, 6.45) is 0. The Morgan fingerprint density at radius 3 is 2.40 bits per heavy atom. The Kier molecular flexibility index (Phi) is 6.09. The van der Waals surface area contributed by atoms with E-state index in [4.69, 9.17) is 0 Å². The monoisotopic (exact) mass is 302 g/mol. The van der Waals surface area contributed by atoms with Gasteiger partial charge in [-0.3, -0.25) is 4.79 Å². The second kappa shape index (κ2) is 7.35. The SMILES string of the molecule is CNCCNC(=O)C(C)CS(=O)(=O)c1ccc(F)cc1. The number of hydrogen-bond donors (Lipinski definition) is 2. The largest absolute Gasteiger partial charge is 0.355 e. The Labute approximate surface area is 118 Å². The first-order chi connectivity index (χ1) is 9.36. The van der Waals surface area contributed by atoms with Crippen LogP contribution in [0.15, 0.2) is 29.2 Å². The van der Waals surface area contributed by atoms with Crippen molar-refractivity contribution in [2.24, 2.45) is 5.92 Å². The fourth-order valence-corrected chi connectivity index (χ4v) is 3.18. The highest BCUT2D eigenvalue weighted by molar-refractivity contribution is 7.91. The highest BCUT2D eigenvalue weighted by Gasteiger charge is 2.23. The molecule has 0 bridgehead atoms. The quantitative estimate of drug-likeness (QED) is 0.570. The van der Waals surface area contributed by atoms with Gasteiger partial charge in [-0.05, 0) is 31.3 Å². The minimum atomic E-state index is -3.60. The van der Waals surface area contributed by atoms with Gasteiger partial charge in [0, 0.05) is 19.0 Å². The first kappa shape index (κ1) is 16.6. The van der Waals surface area contributed by atoms with E-state index in [2.05, 4.69) is 10.6 Å². The van der Waals surface area contributed by atoms with Crippen LogP contribution < -0.4 is 10.6 Å². The molecule has 1 amide bonds. The summed E-state index contributed by atoms with van der Waals surface area (Å²) in [5.41, 5.74) is 0. The molecule has 20 heavy (non-hydrogen) atoms. The molecule has 0 spiro atoms. The summed E-state index contributed by atoms with van der Waals surface area (Å²) in [5, 5.41) is 5.51. The van der Waals surface area contributed by atoms with Crippen LogP contribution in [0.5, 0.6) is 0 Å². The summed E-state index contributed by atoms with van der Waals surface area (Å²) in [7, 11) is -1.84. The molecule has 0 aliphatic carbocycles. The number of benzene rings is 1. The summed E-state index contributed by atoms with van der Waals surface area (Å²) in [6.45, 7) is 2.61. The van der Waals surface area contributed by atoms with Gasteiger partial charge in [0.05, 0.1) is 10.6 Å². The smallest absolute Gasteiger partial charge is 0.223 e. The summed E-state index contributed by atoms with van der Waals surface area (Å²) in [4.78, 5) is 11.7. The van der Waals surface area contributed by atoms with Crippen molar-refractivity contribution in [1.29, 1.82) is 0 Å². The number of hydrogen-bond acceptors (Lipinski definition) is 4. The number of sulfone groups is 1. The Bertz CT molecular complexity index is 543. The van der Waals surface area contributed by atoms with Gasteiger partial charge in [-0.15, -0.1) is 0 Å². The predicted octanol–water partition coefficient (Wildman–Crippen LogP) is 0.571. The molecule has 1 aromatic carbocycles. The second-order valence-corrected chi connectivity index (χ2v) is 6.57. The molecule has 0 aliphatic rings. The van der Waals surface area contributed by atoms with Gasteiger partial charge in [0.1, 0.15) is 5.82 Å². The van der Waals surface area contributed by atoms with Crippen LogP contribution in [-0.4, -0.2) is 40.2 Å². The van der Waals surface area contributed by atoms with Gasteiger partial charge in [-0.25, -0.2) is 12.8 Å². The van der Waals surface area contributed by atoms with Crippen LogP contribution in [0.3, 0.4) is 0 Å². The van der Waals surface area contributed by atoms with Crippen LogP contribution in [0.2, 0.25) is 0 Å². The van der Waals surface area contributed by atoms with Crippen molar-refractivity contribution in [1.82, 2.24) is 10.6 Å². The molecule has 112 valence electrons. The summed E-state index contributed by atoms with van der Waals surface area (Å²) in [5.74, 6) is -1.78. The van der Waals surface area contributed by atoms with Crippen molar-refractivity contribution in [2.45, 2.75) is 11.8 Å². The van der Waals surface area contributed by atoms with Crippen molar-refractivity contribution < 1.29 is 17.6 Å². The lowest BCUT2D eigenvalue weighted by molar-refractivity contribution is -0.123. The number of likely N-dealkylation sites (N-methyl/N-ethyl adjacent to an activating group) is 1. The van der Waals surface area contributed by atoms with E-state index in [0.717, 1.165) is 12.1 Å². The van der Waals surface area contributed by atoms with E-state index in [9.17, 15) is 17.6 Å². The molecule has 0 radical (unpaired) electrons. The first-order valence-electron chi connectivity index (χ1n) is 6.27. The molecule has 1 aromatic rings. The maximum absolute atomic E-state index is 12.8. The van der Waals surface area contributed by atoms with Crippen molar-refractivity contribution >= 4 is 15.7 Å². The van der Waals surface area contributed by atoms with Crippen molar-refractivity contribution in [3.8, 4) is 0 Å². The van der Waals surface area contributed by atoms with E-state index in [0.29, 0.717) is 13.1 Å². The lowest BCUT2D eigenvalue weighted by Gasteiger charge is -2.12. The highest BCUT2D eigenvalue weighted by atomic mass is 32.2. The molecule has 1 rings (SSSR count). The number of carbonyl (C=O) groups is 1. The molecule has 5 nitrogen and oxygen atoms in total. The summed E-state index contributed by atoms with van der Waals surface area (Å²) >= 11 is 0. The molecule has 7 heteroatoms. The van der Waals surface area contributed by atoms with Gasteiger partial charge in [0.15, 0.2) is 9.84 Å². The molecular weight excluding hydrogens is 283 g/mol. The molecule has 0 heterocycles. The number of nitrogens with one attached hydrogen (secondary N) is 2. The maximum atomic E-state index is 12.8. The lowest BCUT2D eigenvalue weighted by atomic mass is 10.2. The average Bonchev–Trinajstić information content (AvgIpc) is 2.38. The standard InChI is InChI=1S/C13H19FN2O3S/c1-10(13(17)16-8-7-15-2)9-20(18,19)12-5-3-11(14)4-6-12/h3-6,10,15H,7-9H2,1-2H3,(H,16,17). The van der Waals surface area contributed by atoms with Crippen LogP contribution >= 0.6 is 0 Å². The molecule has 0 aromatic heterocycles. The Balaban J connectivity index is 2.66. The van der Waals surface area contributed by atoms with E-state index in [-0.39, 0.29) is 16.6 Å². The Hall–Kier alpha value is -1.47. The van der Waals surface area contributed by atoms with Crippen LogP contribution in [0.25, 0.3) is 0 Å². The molecule has 1 atom stereocenters. The minimum Gasteiger partial charge on any atom is -0.355 e. The fraction of sp³-hybridized carbons (Fsp3) is 0.462. The van der Waals surface area contributed by atoms with Crippen LogP contribution in [-0.2, 0) is 14.6 Å². The molecule has 0 saturated heterocycles. The first-order valence-corrected chi connectivity index (χ1v) is 7.92. The van der Waals surface area contributed by atoms with E-state index in [1.165, 1.54) is 12.1 Å². The van der Waals surface area contributed by atoms with E-state index >= 15 is 0 Å². The minimum absolute atomic E-state index is 0.0220. The van der Waals surface area contributed by atoms with Crippen LogP contribution in [0.4, 0.5) is 4.39 Å². The van der Waals surface area contributed by atoms with Crippen LogP contribution in [0.1, 0.15) is 6.92 Å².